The summed E-state index contributed by atoms with van der Waals surface area (Å²) in [6, 6.07) is 2.63. The van der Waals surface area contributed by atoms with Crippen molar-refractivity contribution >= 4 is 17.5 Å². The molecule has 1 aromatic rings. The van der Waals surface area contributed by atoms with Gasteiger partial charge in [0, 0.05) is 32.2 Å². The molecule has 2 aliphatic rings. The summed E-state index contributed by atoms with van der Waals surface area (Å²) in [6.07, 6.45) is 7.20. The van der Waals surface area contributed by atoms with E-state index in [4.69, 9.17) is 6.42 Å². The van der Waals surface area contributed by atoms with Gasteiger partial charge in [0.1, 0.15) is 23.4 Å². The third-order valence-corrected chi connectivity index (χ3v) is 4.55. The summed E-state index contributed by atoms with van der Waals surface area (Å²) >= 11 is 0. The molecule has 0 aliphatic carbocycles. The molecule has 1 aromatic carbocycles. The Labute approximate surface area is 149 Å². The van der Waals surface area contributed by atoms with Crippen LogP contribution in [0.3, 0.4) is 0 Å². The van der Waals surface area contributed by atoms with E-state index in [-0.39, 0.29) is 31.0 Å². The Morgan fingerprint density at radius 2 is 2.04 bits per heavy atom. The molecule has 0 radical (unpaired) electrons. The Morgan fingerprint density at radius 1 is 1.35 bits per heavy atom. The summed E-state index contributed by atoms with van der Waals surface area (Å²) in [5.41, 5.74) is -0.941. The molecule has 1 fully saturated rings. The molecule has 1 saturated heterocycles. The highest BCUT2D eigenvalue weighted by Gasteiger charge is 2.40. The van der Waals surface area contributed by atoms with E-state index in [1.165, 1.54) is 6.07 Å². The van der Waals surface area contributed by atoms with Crippen molar-refractivity contribution in [1.82, 2.24) is 5.32 Å². The maximum absolute atomic E-state index is 13.9. The lowest BCUT2D eigenvalue weighted by Crippen LogP contribution is -2.42. The van der Waals surface area contributed by atoms with E-state index in [0.29, 0.717) is 19.3 Å². The van der Waals surface area contributed by atoms with Gasteiger partial charge in [-0.15, -0.1) is 12.3 Å². The molecule has 0 spiro atoms. The number of carbonyl (C=O) groups is 2. The van der Waals surface area contributed by atoms with E-state index in [1.54, 1.807) is 0 Å². The van der Waals surface area contributed by atoms with E-state index >= 15 is 0 Å². The highest BCUT2D eigenvalue weighted by molar-refractivity contribution is 6.01. The SMILES string of the molecule is C#CCCC1(CCC(=O)NC2CCN(c3c(F)cccc3F)C2=O)N=N1. The summed E-state index contributed by atoms with van der Waals surface area (Å²) < 4.78 is 27.7. The molecule has 1 atom stereocenters. The zero-order valence-electron chi connectivity index (χ0n) is 14.0. The molecule has 1 N–H and O–H groups in total. The van der Waals surface area contributed by atoms with Gasteiger partial charge in [0.05, 0.1) is 0 Å². The van der Waals surface area contributed by atoms with Crippen LogP contribution < -0.4 is 10.2 Å². The molecule has 0 saturated carbocycles. The van der Waals surface area contributed by atoms with Crippen LogP contribution in [-0.2, 0) is 9.59 Å². The fourth-order valence-corrected chi connectivity index (χ4v) is 3.03. The molecule has 0 bridgehead atoms. The Kier molecular flexibility index (Phi) is 4.98. The summed E-state index contributed by atoms with van der Waals surface area (Å²) in [6.45, 7) is 0.137. The maximum atomic E-state index is 13.9. The molecule has 6 nitrogen and oxygen atoms in total. The van der Waals surface area contributed by atoms with Crippen LogP contribution in [0, 0.1) is 24.0 Å². The van der Waals surface area contributed by atoms with Crippen molar-refractivity contribution in [2.45, 2.75) is 43.8 Å². The van der Waals surface area contributed by atoms with Crippen LogP contribution in [0.4, 0.5) is 14.5 Å². The fourth-order valence-electron chi connectivity index (χ4n) is 3.03. The molecule has 2 amide bonds. The van der Waals surface area contributed by atoms with Crippen molar-refractivity contribution in [1.29, 1.82) is 0 Å². The van der Waals surface area contributed by atoms with E-state index < -0.39 is 29.2 Å². The van der Waals surface area contributed by atoms with Gasteiger partial charge in [-0.1, -0.05) is 6.07 Å². The third-order valence-electron chi connectivity index (χ3n) is 4.55. The smallest absolute Gasteiger partial charge is 0.249 e. The normalized spacial score (nSPS) is 20.1. The molecule has 136 valence electrons. The van der Waals surface area contributed by atoms with Crippen LogP contribution in [-0.4, -0.2) is 30.1 Å². The number of carbonyl (C=O) groups excluding carboxylic acids is 2. The van der Waals surface area contributed by atoms with Gasteiger partial charge >= 0.3 is 0 Å². The first-order valence-corrected chi connectivity index (χ1v) is 8.38. The van der Waals surface area contributed by atoms with Crippen molar-refractivity contribution < 1.29 is 18.4 Å². The molecule has 2 aliphatic heterocycles. The van der Waals surface area contributed by atoms with Crippen LogP contribution in [0.25, 0.3) is 0 Å². The standard InChI is InChI=1S/C18H18F2N4O2/c1-2-3-9-18(22-23-18)10-7-15(25)21-14-8-11-24(17(14)26)16-12(19)5-4-6-13(16)20/h1,4-6,14H,3,7-11H2,(H,21,25). The van der Waals surface area contributed by atoms with Gasteiger partial charge in [-0.05, 0) is 18.6 Å². The highest BCUT2D eigenvalue weighted by Crippen LogP contribution is 2.37. The number of anilines is 1. The van der Waals surface area contributed by atoms with Crippen molar-refractivity contribution in [2.75, 3.05) is 11.4 Å². The van der Waals surface area contributed by atoms with Gasteiger partial charge in [0.25, 0.3) is 0 Å². The number of hydrogen-bond donors (Lipinski definition) is 1. The molecule has 2 heterocycles. The highest BCUT2D eigenvalue weighted by atomic mass is 19.1. The van der Waals surface area contributed by atoms with Crippen molar-refractivity contribution in [3.63, 3.8) is 0 Å². The zero-order valence-corrected chi connectivity index (χ0v) is 14.0. The van der Waals surface area contributed by atoms with Crippen molar-refractivity contribution in [3.05, 3.63) is 29.8 Å². The average molecular weight is 360 g/mol. The Hall–Kier alpha value is -2.82. The van der Waals surface area contributed by atoms with E-state index in [2.05, 4.69) is 21.5 Å². The largest absolute Gasteiger partial charge is 0.344 e. The van der Waals surface area contributed by atoms with Gasteiger partial charge in [-0.25, -0.2) is 8.78 Å². The first-order chi connectivity index (χ1) is 12.5. The third kappa shape index (κ3) is 3.72. The predicted molar refractivity (Wildman–Crippen MR) is 90.1 cm³/mol. The molecule has 1 unspecified atom stereocenters. The molecule has 0 aromatic heterocycles. The van der Waals surface area contributed by atoms with E-state index in [9.17, 15) is 18.4 Å². The van der Waals surface area contributed by atoms with E-state index in [1.807, 2.05) is 0 Å². The summed E-state index contributed by atoms with van der Waals surface area (Å²) in [5, 5.41) is 10.5. The lowest BCUT2D eigenvalue weighted by atomic mass is 10.0. The summed E-state index contributed by atoms with van der Waals surface area (Å²) in [5.74, 6) is 0.0526. The topological polar surface area (TPSA) is 74.1 Å². The van der Waals surface area contributed by atoms with Gasteiger partial charge in [0.2, 0.25) is 11.8 Å². The molecular formula is C18H18F2N4O2. The number of halogens is 2. The first kappa shape index (κ1) is 18.0. The van der Waals surface area contributed by atoms with Crippen LogP contribution in [0.15, 0.2) is 28.4 Å². The molecule has 3 rings (SSSR count). The number of nitrogens with one attached hydrogen (secondary N) is 1. The average Bonchev–Trinajstić information content (AvgIpc) is 3.31. The monoisotopic (exact) mass is 360 g/mol. The zero-order chi connectivity index (χ0) is 18.7. The summed E-state index contributed by atoms with van der Waals surface area (Å²) in [7, 11) is 0. The number of rotatable bonds is 7. The number of amides is 2. The van der Waals surface area contributed by atoms with Gasteiger partial charge in [-0.3, -0.25) is 9.59 Å². The molecule has 8 heteroatoms. The van der Waals surface area contributed by atoms with Crippen LogP contribution in [0.1, 0.15) is 32.1 Å². The second-order valence-corrected chi connectivity index (χ2v) is 6.36. The van der Waals surface area contributed by atoms with Crippen LogP contribution in [0.2, 0.25) is 0 Å². The number of benzene rings is 1. The van der Waals surface area contributed by atoms with Crippen molar-refractivity contribution in [2.24, 2.45) is 10.2 Å². The van der Waals surface area contributed by atoms with Gasteiger partial charge < -0.3 is 10.2 Å². The second-order valence-electron chi connectivity index (χ2n) is 6.36. The summed E-state index contributed by atoms with van der Waals surface area (Å²) in [4.78, 5) is 25.6. The predicted octanol–water partition coefficient (Wildman–Crippen LogP) is 2.54. The Bertz CT molecular complexity index is 777. The van der Waals surface area contributed by atoms with Crippen molar-refractivity contribution in [3.8, 4) is 12.3 Å². The minimum Gasteiger partial charge on any atom is -0.344 e. The molecular weight excluding hydrogens is 342 g/mol. The van der Waals surface area contributed by atoms with Crippen LogP contribution in [0.5, 0.6) is 0 Å². The number of hydrogen-bond acceptors (Lipinski definition) is 4. The number of terminal acetylenes is 1. The van der Waals surface area contributed by atoms with Crippen LogP contribution >= 0.6 is 0 Å². The van der Waals surface area contributed by atoms with E-state index in [0.717, 1.165) is 17.0 Å². The Balaban J connectivity index is 1.54. The first-order valence-electron chi connectivity index (χ1n) is 8.38. The quantitative estimate of drug-likeness (QED) is 0.759. The molecule has 26 heavy (non-hydrogen) atoms. The maximum Gasteiger partial charge on any atom is 0.249 e. The lowest BCUT2D eigenvalue weighted by Gasteiger charge is -2.18. The number of para-hydroxylation sites is 1. The van der Waals surface area contributed by atoms with Gasteiger partial charge in [-0.2, -0.15) is 10.2 Å². The lowest BCUT2D eigenvalue weighted by molar-refractivity contribution is -0.126. The second kappa shape index (κ2) is 7.20. The van der Waals surface area contributed by atoms with Gasteiger partial charge in [0.15, 0.2) is 5.66 Å². The number of nitrogens with zero attached hydrogens (tertiary/aromatic N) is 3. The minimum absolute atomic E-state index is 0.137. The minimum atomic E-state index is -0.808. The fraction of sp³-hybridized carbons (Fsp3) is 0.444. The Morgan fingerprint density at radius 3 is 2.65 bits per heavy atom.